The number of anilines is 1. The van der Waals surface area contributed by atoms with Gasteiger partial charge >= 0.3 is 0 Å². The van der Waals surface area contributed by atoms with Crippen molar-refractivity contribution < 1.29 is 4.74 Å². The number of hydrogen-bond donors (Lipinski definition) is 1. The lowest BCUT2D eigenvalue weighted by molar-refractivity contribution is 0.0940. The summed E-state index contributed by atoms with van der Waals surface area (Å²) in [7, 11) is 0. The van der Waals surface area contributed by atoms with Gasteiger partial charge in [0.25, 0.3) is 0 Å². The predicted molar refractivity (Wildman–Crippen MR) is 70.6 cm³/mol. The van der Waals surface area contributed by atoms with E-state index < -0.39 is 0 Å². The van der Waals surface area contributed by atoms with Crippen LogP contribution < -0.4 is 5.32 Å². The molecule has 1 aliphatic heterocycles. The van der Waals surface area contributed by atoms with Crippen molar-refractivity contribution in [1.82, 2.24) is 14.8 Å². The second-order valence-electron chi connectivity index (χ2n) is 4.37. The van der Waals surface area contributed by atoms with Crippen molar-refractivity contribution in [1.29, 1.82) is 0 Å². The Balaban J connectivity index is 1.52. The molecule has 3 heterocycles. The highest BCUT2D eigenvalue weighted by Crippen LogP contribution is 2.15. The van der Waals surface area contributed by atoms with E-state index in [1.165, 1.54) is 6.42 Å². The molecule has 1 aliphatic rings. The molecule has 0 spiro atoms. The second kappa shape index (κ2) is 5.49. The van der Waals surface area contributed by atoms with Gasteiger partial charge in [-0.15, -0.1) is 11.3 Å². The maximum atomic E-state index is 5.60. The molecule has 1 unspecified atom stereocenters. The number of nitrogens with zero attached hydrogens (tertiary/aromatic N) is 3. The van der Waals surface area contributed by atoms with E-state index in [1.54, 1.807) is 11.3 Å². The number of hydrogen-bond acceptors (Lipinski definition) is 5. The zero-order valence-corrected chi connectivity index (χ0v) is 10.9. The highest BCUT2D eigenvalue weighted by molar-refractivity contribution is 7.09. The molecule has 2 aromatic rings. The molecule has 1 atom stereocenters. The van der Waals surface area contributed by atoms with E-state index >= 15 is 0 Å². The standard InChI is InChI=1S/C12H16N4OS/c1-2-11(17-4-1)9-16-8-10(6-15-16)14-7-12-13-3-5-18-12/h3,5-6,8,11,14H,1-2,4,7,9H2. The molecule has 0 aliphatic carbocycles. The fourth-order valence-corrected chi connectivity index (χ4v) is 2.63. The first-order chi connectivity index (χ1) is 8.90. The quantitative estimate of drug-likeness (QED) is 0.899. The van der Waals surface area contributed by atoms with Crippen molar-refractivity contribution in [3.63, 3.8) is 0 Å². The molecular formula is C12H16N4OS. The lowest BCUT2D eigenvalue weighted by Crippen LogP contribution is -2.15. The van der Waals surface area contributed by atoms with Crippen molar-refractivity contribution in [3.05, 3.63) is 29.0 Å². The van der Waals surface area contributed by atoms with E-state index in [1.807, 2.05) is 28.7 Å². The third-order valence-corrected chi connectivity index (χ3v) is 3.75. The number of nitrogens with one attached hydrogen (secondary N) is 1. The molecule has 18 heavy (non-hydrogen) atoms. The number of aromatic nitrogens is 3. The van der Waals surface area contributed by atoms with Gasteiger partial charge in [-0.05, 0) is 12.8 Å². The normalized spacial score (nSPS) is 19.2. The lowest BCUT2D eigenvalue weighted by Gasteiger charge is -2.08. The molecule has 0 saturated carbocycles. The van der Waals surface area contributed by atoms with Crippen LogP contribution in [0.3, 0.4) is 0 Å². The minimum absolute atomic E-state index is 0.330. The first-order valence-corrected chi connectivity index (χ1v) is 7.04. The fraction of sp³-hybridized carbons (Fsp3) is 0.500. The molecule has 2 aromatic heterocycles. The van der Waals surface area contributed by atoms with Gasteiger partial charge in [-0.2, -0.15) is 5.10 Å². The van der Waals surface area contributed by atoms with Gasteiger partial charge in [0, 0.05) is 24.4 Å². The predicted octanol–water partition coefficient (Wildman–Crippen LogP) is 2.13. The zero-order valence-electron chi connectivity index (χ0n) is 10.1. The summed E-state index contributed by atoms with van der Waals surface area (Å²) in [6.07, 6.45) is 8.33. The summed E-state index contributed by atoms with van der Waals surface area (Å²) < 4.78 is 7.54. The maximum Gasteiger partial charge on any atom is 0.112 e. The molecule has 96 valence electrons. The summed E-state index contributed by atoms with van der Waals surface area (Å²) in [5.41, 5.74) is 1.03. The Morgan fingerprint density at radius 1 is 1.56 bits per heavy atom. The topological polar surface area (TPSA) is 52.0 Å². The second-order valence-corrected chi connectivity index (χ2v) is 5.34. The van der Waals surface area contributed by atoms with Crippen LogP contribution in [0, 0.1) is 0 Å². The maximum absolute atomic E-state index is 5.60. The zero-order chi connectivity index (χ0) is 12.2. The van der Waals surface area contributed by atoms with Crippen LogP contribution in [-0.4, -0.2) is 27.5 Å². The van der Waals surface area contributed by atoms with Crippen molar-refractivity contribution in [2.24, 2.45) is 0 Å². The number of ether oxygens (including phenoxy) is 1. The SMILES string of the molecule is c1csc(CNc2cnn(CC3CCCO3)c2)n1. The van der Waals surface area contributed by atoms with Gasteiger partial charge in [0.2, 0.25) is 0 Å². The smallest absolute Gasteiger partial charge is 0.112 e. The summed E-state index contributed by atoms with van der Waals surface area (Å²) in [5.74, 6) is 0. The summed E-state index contributed by atoms with van der Waals surface area (Å²) in [6, 6.07) is 0. The molecule has 0 radical (unpaired) electrons. The van der Waals surface area contributed by atoms with Crippen LogP contribution in [-0.2, 0) is 17.8 Å². The summed E-state index contributed by atoms with van der Waals surface area (Å²) >= 11 is 1.65. The molecule has 6 heteroatoms. The molecule has 0 bridgehead atoms. The van der Waals surface area contributed by atoms with Crippen molar-refractivity contribution in [3.8, 4) is 0 Å². The molecule has 5 nitrogen and oxygen atoms in total. The van der Waals surface area contributed by atoms with Gasteiger partial charge in [0.1, 0.15) is 5.01 Å². The third kappa shape index (κ3) is 2.88. The Morgan fingerprint density at radius 3 is 3.33 bits per heavy atom. The van der Waals surface area contributed by atoms with E-state index in [0.717, 1.165) is 36.8 Å². The van der Waals surface area contributed by atoms with E-state index in [2.05, 4.69) is 15.4 Å². The molecule has 1 saturated heterocycles. The number of rotatable bonds is 5. The Morgan fingerprint density at radius 2 is 2.56 bits per heavy atom. The molecule has 1 N–H and O–H groups in total. The van der Waals surface area contributed by atoms with E-state index in [0.29, 0.717) is 6.10 Å². The monoisotopic (exact) mass is 264 g/mol. The fourth-order valence-electron chi connectivity index (χ4n) is 2.07. The third-order valence-electron chi connectivity index (χ3n) is 2.98. The molecule has 0 amide bonds. The first-order valence-electron chi connectivity index (χ1n) is 6.16. The summed E-state index contributed by atoms with van der Waals surface area (Å²) in [5, 5.41) is 10.7. The Bertz CT molecular complexity index is 476. The molecule has 3 rings (SSSR count). The summed E-state index contributed by atoms with van der Waals surface area (Å²) in [6.45, 7) is 2.49. The highest BCUT2D eigenvalue weighted by atomic mass is 32.1. The average molecular weight is 264 g/mol. The molecule has 0 aromatic carbocycles. The summed E-state index contributed by atoms with van der Waals surface area (Å²) in [4.78, 5) is 4.23. The average Bonchev–Trinajstić information content (AvgIpc) is 3.09. The Kier molecular flexibility index (Phi) is 3.56. The highest BCUT2D eigenvalue weighted by Gasteiger charge is 2.16. The molecule has 1 fully saturated rings. The van der Waals surface area contributed by atoms with Crippen molar-refractivity contribution >= 4 is 17.0 Å². The van der Waals surface area contributed by atoms with Crippen molar-refractivity contribution in [2.45, 2.75) is 32.0 Å². The molecular weight excluding hydrogens is 248 g/mol. The van der Waals surface area contributed by atoms with Gasteiger partial charge in [-0.25, -0.2) is 4.98 Å². The van der Waals surface area contributed by atoms with Crippen LogP contribution in [0.25, 0.3) is 0 Å². The van der Waals surface area contributed by atoms with Gasteiger partial charge in [0.05, 0.1) is 31.1 Å². The van der Waals surface area contributed by atoms with Gasteiger partial charge in [-0.1, -0.05) is 0 Å². The van der Waals surface area contributed by atoms with Crippen molar-refractivity contribution in [2.75, 3.05) is 11.9 Å². The number of thiazole rings is 1. The minimum atomic E-state index is 0.330. The van der Waals surface area contributed by atoms with Gasteiger partial charge in [0.15, 0.2) is 0 Å². The van der Waals surface area contributed by atoms with Crippen LogP contribution in [0.5, 0.6) is 0 Å². The minimum Gasteiger partial charge on any atom is -0.376 e. The Labute approximate surface area is 110 Å². The van der Waals surface area contributed by atoms with Crippen LogP contribution >= 0.6 is 11.3 Å². The first kappa shape index (κ1) is 11.7. The van der Waals surface area contributed by atoms with E-state index in [-0.39, 0.29) is 0 Å². The van der Waals surface area contributed by atoms with Crippen LogP contribution in [0.15, 0.2) is 24.0 Å². The van der Waals surface area contributed by atoms with Gasteiger partial charge in [-0.3, -0.25) is 4.68 Å². The largest absolute Gasteiger partial charge is 0.376 e. The van der Waals surface area contributed by atoms with Crippen LogP contribution in [0.1, 0.15) is 17.8 Å². The van der Waals surface area contributed by atoms with Gasteiger partial charge < -0.3 is 10.1 Å². The lowest BCUT2D eigenvalue weighted by atomic mass is 10.2. The Hall–Kier alpha value is -1.40. The van der Waals surface area contributed by atoms with Crippen LogP contribution in [0.2, 0.25) is 0 Å². The van der Waals surface area contributed by atoms with Crippen LogP contribution in [0.4, 0.5) is 5.69 Å². The van der Waals surface area contributed by atoms with E-state index in [4.69, 9.17) is 4.74 Å². The van der Waals surface area contributed by atoms with E-state index in [9.17, 15) is 0 Å².